The number of phenols is 1. The Labute approximate surface area is 145 Å². The van der Waals surface area contributed by atoms with Gasteiger partial charge in [0.25, 0.3) is 0 Å². The molecule has 1 saturated carbocycles. The molecule has 2 aliphatic rings. The molecule has 1 aliphatic carbocycles. The van der Waals surface area contributed by atoms with Crippen molar-refractivity contribution in [2.75, 3.05) is 19.6 Å². The number of aromatic hydroxyl groups is 1. The van der Waals surface area contributed by atoms with Gasteiger partial charge in [-0.05, 0) is 62.9 Å². The maximum Gasteiger partial charge on any atom is 0.307 e. The number of nitrogens with zero attached hydrogens (tertiary/aromatic N) is 1. The van der Waals surface area contributed by atoms with E-state index >= 15 is 0 Å². The molecule has 3 rings (SSSR count). The lowest BCUT2D eigenvalue weighted by molar-refractivity contribution is -0.139. The summed E-state index contributed by atoms with van der Waals surface area (Å²) < 4.78 is 0.742. The minimum Gasteiger partial charge on any atom is -0.507 e. The minimum absolute atomic E-state index is 0.102. The molecule has 4 nitrogen and oxygen atoms in total. The van der Waals surface area contributed by atoms with Gasteiger partial charge in [-0.3, -0.25) is 4.79 Å². The molecular formula is C18H24BrNO3. The van der Waals surface area contributed by atoms with Crippen molar-refractivity contribution in [1.29, 1.82) is 0 Å². The van der Waals surface area contributed by atoms with Gasteiger partial charge in [0, 0.05) is 19.6 Å². The van der Waals surface area contributed by atoms with Crippen molar-refractivity contribution in [2.24, 2.45) is 17.3 Å². The van der Waals surface area contributed by atoms with E-state index in [1.807, 2.05) is 12.1 Å². The average Bonchev–Trinajstić information content (AvgIpc) is 3.03. The van der Waals surface area contributed by atoms with Crippen molar-refractivity contribution in [3.63, 3.8) is 0 Å². The van der Waals surface area contributed by atoms with Gasteiger partial charge >= 0.3 is 5.97 Å². The highest BCUT2D eigenvalue weighted by Crippen LogP contribution is 2.58. The molecule has 23 heavy (non-hydrogen) atoms. The van der Waals surface area contributed by atoms with Crippen molar-refractivity contribution in [3.8, 4) is 5.75 Å². The van der Waals surface area contributed by atoms with Gasteiger partial charge in [0.2, 0.25) is 0 Å². The molecule has 0 spiro atoms. The first kappa shape index (κ1) is 16.8. The molecule has 0 aromatic heterocycles. The number of hydrogen-bond donors (Lipinski definition) is 2. The second-order valence-corrected chi connectivity index (χ2v) is 8.51. The Hall–Kier alpha value is -1.07. The molecular weight excluding hydrogens is 358 g/mol. The van der Waals surface area contributed by atoms with Crippen LogP contribution in [0.15, 0.2) is 16.6 Å². The summed E-state index contributed by atoms with van der Waals surface area (Å²) in [7, 11) is 0. The summed E-state index contributed by atoms with van der Waals surface area (Å²) >= 11 is 3.39. The highest BCUT2D eigenvalue weighted by molar-refractivity contribution is 9.10. The molecule has 3 atom stereocenters. The molecule has 0 saturated heterocycles. The second-order valence-electron chi connectivity index (χ2n) is 7.66. The first-order chi connectivity index (χ1) is 10.7. The van der Waals surface area contributed by atoms with Crippen LogP contribution < -0.4 is 0 Å². The fourth-order valence-corrected chi connectivity index (χ4v) is 4.56. The Kier molecular flexibility index (Phi) is 4.21. The Balaban J connectivity index is 1.73. The van der Waals surface area contributed by atoms with Crippen LogP contribution in [0.3, 0.4) is 0 Å². The van der Waals surface area contributed by atoms with Gasteiger partial charge in [-0.25, -0.2) is 0 Å². The summed E-state index contributed by atoms with van der Waals surface area (Å²) in [6.07, 6.45) is 0.934. The third kappa shape index (κ3) is 3.01. The van der Waals surface area contributed by atoms with E-state index in [1.54, 1.807) is 0 Å². The number of hydrogen-bond acceptors (Lipinski definition) is 3. The maximum absolute atomic E-state index is 11.4. The molecule has 1 aromatic rings. The third-order valence-corrected chi connectivity index (χ3v) is 6.38. The summed E-state index contributed by atoms with van der Waals surface area (Å²) in [5.41, 5.74) is 2.38. The molecule has 0 radical (unpaired) electrons. The molecule has 5 heteroatoms. The van der Waals surface area contributed by atoms with Crippen LogP contribution in [0.4, 0.5) is 0 Å². The van der Waals surface area contributed by atoms with E-state index in [0.717, 1.165) is 30.5 Å². The van der Waals surface area contributed by atoms with Gasteiger partial charge in [0.1, 0.15) is 5.75 Å². The Bertz CT molecular complexity index is 643. The van der Waals surface area contributed by atoms with Crippen LogP contribution in [-0.2, 0) is 11.2 Å². The lowest BCUT2D eigenvalue weighted by atomic mass is 9.95. The molecule has 0 bridgehead atoms. The monoisotopic (exact) mass is 381 g/mol. The highest BCUT2D eigenvalue weighted by atomic mass is 79.9. The summed E-state index contributed by atoms with van der Waals surface area (Å²) in [5, 5.41) is 19.3. The molecule has 126 valence electrons. The predicted octanol–water partition coefficient (Wildman–Crippen LogP) is 3.47. The normalized spacial score (nSPS) is 29.7. The largest absolute Gasteiger partial charge is 0.507 e. The van der Waals surface area contributed by atoms with E-state index in [1.165, 1.54) is 11.1 Å². The molecule has 1 aliphatic heterocycles. The molecule has 1 fully saturated rings. The quantitative estimate of drug-likeness (QED) is 0.841. The van der Waals surface area contributed by atoms with Gasteiger partial charge in [-0.2, -0.15) is 0 Å². The number of halogens is 1. The second kappa shape index (κ2) is 5.78. The molecule has 2 N–H and O–H groups in total. The van der Waals surface area contributed by atoms with Gasteiger partial charge in [-0.15, -0.1) is 0 Å². The fraction of sp³-hybridized carbons (Fsp3) is 0.611. The lowest BCUT2D eigenvalue weighted by Crippen LogP contribution is -2.31. The first-order valence-electron chi connectivity index (χ1n) is 8.18. The highest BCUT2D eigenvalue weighted by Gasteiger charge is 2.62. The van der Waals surface area contributed by atoms with E-state index in [4.69, 9.17) is 0 Å². The summed E-state index contributed by atoms with van der Waals surface area (Å²) in [6.45, 7) is 8.98. The third-order valence-electron chi connectivity index (χ3n) is 5.74. The van der Waals surface area contributed by atoms with Crippen LogP contribution in [-0.4, -0.2) is 40.7 Å². The number of carbonyl (C=O) groups is 1. The van der Waals surface area contributed by atoms with Crippen molar-refractivity contribution in [2.45, 2.75) is 33.1 Å². The van der Waals surface area contributed by atoms with E-state index < -0.39 is 5.97 Å². The number of carboxylic acid groups (broad SMARTS) is 1. The standard InChI is InChI=1S/C18H24BrNO3/c1-10-8-20(9-13-16(17(22)23)18(13,2)3)5-4-11-6-14(19)15(21)7-12(10)11/h6-7,10,13,16,21H,4-5,8-9H2,1-3H3,(H,22,23). The minimum atomic E-state index is -0.667. The van der Waals surface area contributed by atoms with Crippen molar-refractivity contribution in [1.82, 2.24) is 4.90 Å². The van der Waals surface area contributed by atoms with E-state index in [9.17, 15) is 15.0 Å². The SMILES string of the molecule is CC1CN(CC2C(C(=O)O)C2(C)C)CCc2cc(Br)c(O)cc21. The number of fused-ring (bicyclic) bond motifs is 1. The Morgan fingerprint density at radius 1 is 1.43 bits per heavy atom. The van der Waals surface area contributed by atoms with E-state index in [2.05, 4.69) is 41.6 Å². The number of carboxylic acids is 1. The van der Waals surface area contributed by atoms with Crippen LogP contribution in [0, 0.1) is 17.3 Å². The molecule has 0 amide bonds. The van der Waals surface area contributed by atoms with Gasteiger partial charge in [-0.1, -0.05) is 20.8 Å². The first-order valence-corrected chi connectivity index (χ1v) is 8.97. The zero-order chi connectivity index (χ0) is 16.9. The zero-order valence-corrected chi connectivity index (χ0v) is 15.4. The smallest absolute Gasteiger partial charge is 0.307 e. The van der Waals surface area contributed by atoms with Crippen molar-refractivity contribution in [3.05, 3.63) is 27.7 Å². The number of aliphatic carboxylic acids is 1. The van der Waals surface area contributed by atoms with E-state index in [0.29, 0.717) is 11.7 Å². The van der Waals surface area contributed by atoms with Crippen molar-refractivity contribution >= 4 is 21.9 Å². The van der Waals surface area contributed by atoms with Crippen LogP contribution in [0.1, 0.15) is 37.8 Å². The average molecular weight is 382 g/mol. The van der Waals surface area contributed by atoms with Crippen LogP contribution in [0.25, 0.3) is 0 Å². The molecule has 3 unspecified atom stereocenters. The maximum atomic E-state index is 11.4. The molecule has 1 aromatic carbocycles. The van der Waals surface area contributed by atoms with Crippen LogP contribution >= 0.6 is 15.9 Å². The Morgan fingerprint density at radius 3 is 2.74 bits per heavy atom. The molecule has 1 heterocycles. The number of rotatable bonds is 3. The van der Waals surface area contributed by atoms with Crippen molar-refractivity contribution < 1.29 is 15.0 Å². The zero-order valence-electron chi connectivity index (χ0n) is 13.8. The van der Waals surface area contributed by atoms with Gasteiger partial charge in [0.05, 0.1) is 10.4 Å². The van der Waals surface area contributed by atoms with Crippen LogP contribution in [0.2, 0.25) is 0 Å². The van der Waals surface area contributed by atoms with Gasteiger partial charge < -0.3 is 15.1 Å². The van der Waals surface area contributed by atoms with Crippen LogP contribution in [0.5, 0.6) is 5.75 Å². The summed E-state index contributed by atoms with van der Waals surface area (Å²) in [4.78, 5) is 13.8. The Morgan fingerprint density at radius 2 is 2.13 bits per heavy atom. The number of benzene rings is 1. The predicted molar refractivity (Wildman–Crippen MR) is 92.8 cm³/mol. The topological polar surface area (TPSA) is 60.8 Å². The van der Waals surface area contributed by atoms with E-state index in [-0.39, 0.29) is 17.3 Å². The number of phenolic OH excluding ortho intramolecular Hbond substituents is 1. The lowest BCUT2D eigenvalue weighted by Gasteiger charge is -2.23. The summed E-state index contributed by atoms with van der Waals surface area (Å²) in [6, 6.07) is 3.89. The fourth-order valence-electron chi connectivity index (χ4n) is 4.17. The van der Waals surface area contributed by atoms with Gasteiger partial charge in [0.15, 0.2) is 0 Å². The summed E-state index contributed by atoms with van der Waals surface area (Å²) in [5.74, 6) is -0.0369.